The lowest BCUT2D eigenvalue weighted by Crippen LogP contribution is -2.30. The van der Waals surface area contributed by atoms with Crippen molar-refractivity contribution >= 4 is 11.0 Å². The SMILES string of the molecule is CCCn1ccnc1CC(NN)c1coc2ccccc12. The van der Waals surface area contributed by atoms with Crippen LogP contribution in [-0.2, 0) is 13.0 Å². The molecule has 3 rings (SSSR count). The molecule has 1 unspecified atom stereocenters. The second-order valence-corrected chi connectivity index (χ2v) is 5.15. The predicted molar refractivity (Wildman–Crippen MR) is 82.5 cm³/mol. The molecule has 0 radical (unpaired) electrons. The molecule has 2 aromatic heterocycles. The van der Waals surface area contributed by atoms with Gasteiger partial charge in [0.25, 0.3) is 0 Å². The number of hydrazine groups is 1. The van der Waals surface area contributed by atoms with Crippen molar-refractivity contribution in [2.24, 2.45) is 5.84 Å². The van der Waals surface area contributed by atoms with E-state index in [0.717, 1.165) is 41.7 Å². The van der Waals surface area contributed by atoms with Gasteiger partial charge in [0.15, 0.2) is 0 Å². The Kier molecular flexibility index (Phi) is 4.03. The molecular weight excluding hydrogens is 264 g/mol. The third-order valence-electron chi connectivity index (χ3n) is 3.74. The van der Waals surface area contributed by atoms with Crippen molar-refractivity contribution in [1.29, 1.82) is 0 Å². The third-order valence-corrected chi connectivity index (χ3v) is 3.74. The van der Waals surface area contributed by atoms with Gasteiger partial charge in [-0.2, -0.15) is 0 Å². The molecule has 5 heteroatoms. The number of fused-ring (bicyclic) bond motifs is 1. The van der Waals surface area contributed by atoms with Crippen molar-refractivity contribution in [3.63, 3.8) is 0 Å². The van der Waals surface area contributed by atoms with E-state index in [1.165, 1.54) is 0 Å². The second kappa shape index (κ2) is 6.11. The fourth-order valence-electron chi connectivity index (χ4n) is 2.68. The zero-order chi connectivity index (χ0) is 14.7. The first kappa shape index (κ1) is 13.9. The van der Waals surface area contributed by atoms with Crippen LogP contribution in [0.1, 0.15) is 30.8 Å². The molecule has 2 heterocycles. The molecule has 110 valence electrons. The topological polar surface area (TPSA) is 69.0 Å². The number of nitrogens with two attached hydrogens (primary N) is 1. The molecule has 0 amide bonds. The Morgan fingerprint density at radius 3 is 3.05 bits per heavy atom. The summed E-state index contributed by atoms with van der Waals surface area (Å²) in [5.74, 6) is 6.80. The number of para-hydroxylation sites is 1. The molecular formula is C16H20N4O. The molecule has 0 saturated carbocycles. The van der Waals surface area contributed by atoms with E-state index in [1.54, 1.807) is 6.26 Å². The molecule has 0 saturated heterocycles. The minimum Gasteiger partial charge on any atom is -0.464 e. The van der Waals surface area contributed by atoms with Crippen molar-refractivity contribution in [2.75, 3.05) is 0 Å². The van der Waals surface area contributed by atoms with Gasteiger partial charge in [-0.15, -0.1) is 0 Å². The Morgan fingerprint density at radius 1 is 1.38 bits per heavy atom. The molecule has 3 N–H and O–H groups in total. The van der Waals surface area contributed by atoms with Gasteiger partial charge in [-0.3, -0.25) is 11.3 Å². The van der Waals surface area contributed by atoms with Gasteiger partial charge in [-0.25, -0.2) is 4.98 Å². The van der Waals surface area contributed by atoms with E-state index >= 15 is 0 Å². The zero-order valence-electron chi connectivity index (χ0n) is 12.1. The largest absolute Gasteiger partial charge is 0.464 e. The summed E-state index contributed by atoms with van der Waals surface area (Å²) in [7, 11) is 0. The first-order valence-corrected chi connectivity index (χ1v) is 7.25. The lowest BCUT2D eigenvalue weighted by Gasteiger charge is -2.15. The van der Waals surface area contributed by atoms with Crippen LogP contribution in [0.5, 0.6) is 0 Å². The number of nitrogens with zero attached hydrogens (tertiary/aromatic N) is 2. The van der Waals surface area contributed by atoms with Crippen LogP contribution in [0.2, 0.25) is 0 Å². The van der Waals surface area contributed by atoms with Gasteiger partial charge < -0.3 is 8.98 Å². The van der Waals surface area contributed by atoms with Crippen molar-refractivity contribution < 1.29 is 4.42 Å². The Hall–Kier alpha value is -2.11. The highest BCUT2D eigenvalue weighted by atomic mass is 16.3. The Balaban J connectivity index is 1.90. The van der Waals surface area contributed by atoms with Crippen LogP contribution in [0.3, 0.4) is 0 Å². The highest BCUT2D eigenvalue weighted by Crippen LogP contribution is 2.27. The first-order chi connectivity index (χ1) is 10.3. The summed E-state index contributed by atoms with van der Waals surface area (Å²) in [6, 6.07) is 7.97. The number of aryl methyl sites for hydroxylation is 1. The number of imidazole rings is 1. The number of aromatic nitrogens is 2. The van der Waals surface area contributed by atoms with Gasteiger partial charge in [-0.1, -0.05) is 25.1 Å². The Morgan fingerprint density at radius 2 is 2.24 bits per heavy atom. The third kappa shape index (κ3) is 2.70. The molecule has 1 aromatic carbocycles. The molecule has 3 aromatic rings. The lowest BCUT2D eigenvalue weighted by atomic mass is 10.0. The van der Waals surface area contributed by atoms with E-state index in [9.17, 15) is 0 Å². The summed E-state index contributed by atoms with van der Waals surface area (Å²) in [6.07, 6.45) is 7.44. The molecule has 5 nitrogen and oxygen atoms in total. The van der Waals surface area contributed by atoms with E-state index < -0.39 is 0 Å². The summed E-state index contributed by atoms with van der Waals surface area (Å²) >= 11 is 0. The molecule has 0 aliphatic heterocycles. The van der Waals surface area contributed by atoms with Crippen molar-refractivity contribution in [3.8, 4) is 0 Å². The fraction of sp³-hybridized carbons (Fsp3) is 0.312. The summed E-state index contributed by atoms with van der Waals surface area (Å²) in [4.78, 5) is 4.45. The number of hydrogen-bond acceptors (Lipinski definition) is 4. The van der Waals surface area contributed by atoms with Gasteiger partial charge in [0.1, 0.15) is 11.4 Å². The smallest absolute Gasteiger partial charge is 0.134 e. The molecule has 1 atom stereocenters. The number of nitrogens with one attached hydrogen (secondary N) is 1. The van der Waals surface area contributed by atoms with Crippen LogP contribution < -0.4 is 11.3 Å². The normalized spacial score (nSPS) is 12.9. The van der Waals surface area contributed by atoms with Gasteiger partial charge in [-0.05, 0) is 12.5 Å². The molecule has 0 spiro atoms. The van der Waals surface area contributed by atoms with Crippen LogP contribution in [0, 0.1) is 0 Å². The van der Waals surface area contributed by atoms with Gasteiger partial charge in [0.2, 0.25) is 0 Å². The fourth-order valence-corrected chi connectivity index (χ4v) is 2.68. The van der Waals surface area contributed by atoms with Crippen LogP contribution in [0.25, 0.3) is 11.0 Å². The quantitative estimate of drug-likeness (QED) is 0.539. The second-order valence-electron chi connectivity index (χ2n) is 5.15. The van der Waals surface area contributed by atoms with E-state index in [4.69, 9.17) is 10.3 Å². The summed E-state index contributed by atoms with van der Waals surface area (Å²) in [5, 5.41) is 1.09. The molecule has 0 aliphatic carbocycles. The van der Waals surface area contributed by atoms with Crippen molar-refractivity contribution in [2.45, 2.75) is 32.4 Å². The number of benzene rings is 1. The van der Waals surface area contributed by atoms with Crippen molar-refractivity contribution in [1.82, 2.24) is 15.0 Å². The monoisotopic (exact) mass is 284 g/mol. The summed E-state index contributed by atoms with van der Waals surface area (Å²) in [6.45, 7) is 3.13. The maximum atomic E-state index is 5.77. The maximum absolute atomic E-state index is 5.77. The standard InChI is InChI=1S/C16H20N4O/c1-2-8-20-9-7-18-16(20)10-14(19-17)13-11-21-15-6-4-3-5-12(13)15/h3-7,9,11,14,19H,2,8,10,17H2,1H3. The zero-order valence-corrected chi connectivity index (χ0v) is 12.1. The maximum Gasteiger partial charge on any atom is 0.134 e. The van der Waals surface area contributed by atoms with Crippen LogP contribution in [0.4, 0.5) is 0 Å². The van der Waals surface area contributed by atoms with Gasteiger partial charge in [0.05, 0.1) is 12.3 Å². The van der Waals surface area contributed by atoms with Crippen molar-refractivity contribution in [3.05, 3.63) is 54.3 Å². The van der Waals surface area contributed by atoms with E-state index in [0.29, 0.717) is 0 Å². The van der Waals surface area contributed by atoms with Gasteiger partial charge >= 0.3 is 0 Å². The summed E-state index contributed by atoms with van der Waals surface area (Å²) in [5.41, 5.74) is 4.84. The predicted octanol–water partition coefficient (Wildman–Crippen LogP) is 2.79. The van der Waals surface area contributed by atoms with E-state index in [-0.39, 0.29) is 6.04 Å². The Labute approximate surface area is 123 Å². The van der Waals surface area contributed by atoms with Crippen LogP contribution >= 0.6 is 0 Å². The first-order valence-electron chi connectivity index (χ1n) is 7.25. The molecule has 21 heavy (non-hydrogen) atoms. The van der Waals surface area contributed by atoms with Gasteiger partial charge in [0, 0.05) is 36.3 Å². The average molecular weight is 284 g/mol. The van der Waals surface area contributed by atoms with Crippen LogP contribution in [0.15, 0.2) is 47.3 Å². The van der Waals surface area contributed by atoms with Crippen LogP contribution in [-0.4, -0.2) is 9.55 Å². The molecule has 0 bridgehead atoms. The highest BCUT2D eigenvalue weighted by molar-refractivity contribution is 5.81. The average Bonchev–Trinajstić information content (AvgIpc) is 3.12. The number of furan rings is 1. The number of hydrogen-bond donors (Lipinski definition) is 2. The lowest BCUT2D eigenvalue weighted by molar-refractivity contribution is 0.509. The number of rotatable bonds is 6. The summed E-state index contributed by atoms with van der Waals surface area (Å²) < 4.78 is 7.78. The molecule has 0 fully saturated rings. The highest BCUT2D eigenvalue weighted by Gasteiger charge is 2.18. The minimum atomic E-state index is -0.0216. The Bertz CT molecular complexity index is 716. The molecule has 0 aliphatic rings. The van der Waals surface area contributed by atoms with E-state index in [1.807, 2.05) is 30.6 Å². The minimum absolute atomic E-state index is 0.0216. The van der Waals surface area contributed by atoms with E-state index in [2.05, 4.69) is 28.0 Å².